The highest BCUT2D eigenvalue weighted by molar-refractivity contribution is 7.99. The summed E-state index contributed by atoms with van der Waals surface area (Å²) in [5.74, 6) is 0.570. The largest absolute Gasteiger partial charge is 0.376 e. The Bertz CT molecular complexity index is 973. The van der Waals surface area contributed by atoms with E-state index in [1.54, 1.807) is 12.1 Å². The molecule has 30 heavy (non-hydrogen) atoms. The third-order valence-corrected chi connectivity index (χ3v) is 5.80. The van der Waals surface area contributed by atoms with E-state index in [0.717, 1.165) is 36.5 Å². The zero-order chi connectivity index (χ0) is 20.8. The topological polar surface area (TPSA) is 69.0 Å². The van der Waals surface area contributed by atoms with Gasteiger partial charge in [0.15, 0.2) is 5.16 Å². The number of nitrogens with one attached hydrogen (secondary N) is 1. The van der Waals surface area contributed by atoms with Crippen molar-refractivity contribution < 1.29 is 13.9 Å². The fourth-order valence-electron chi connectivity index (χ4n) is 3.35. The molecule has 6 nitrogen and oxygen atoms in total. The summed E-state index contributed by atoms with van der Waals surface area (Å²) >= 11 is 1.31. The molecule has 1 N–H and O–H groups in total. The van der Waals surface area contributed by atoms with Gasteiger partial charge in [0, 0.05) is 25.3 Å². The standard InChI is InChI=1S/C22H23FN4O2S/c23-17-8-10-18(11-9-17)27-20(13-16-5-2-1-3-6-16)25-26-22(27)30-15-21(28)24-14-19-7-4-12-29-19/h1-3,5-6,8-11,19H,4,7,12-15H2,(H,24,28)/t19-/m0/s1. The van der Waals surface area contributed by atoms with Crippen LogP contribution in [0.1, 0.15) is 24.2 Å². The van der Waals surface area contributed by atoms with Gasteiger partial charge in [-0.05, 0) is 42.7 Å². The molecule has 1 atom stereocenters. The Morgan fingerprint density at radius 2 is 1.97 bits per heavy atom. The van der Waals surface area contributed by atoms with Gasteiger partial charge in [-0.3, -0.25) is 9.36 Å². The van der Waals surface area contributed by atoms with Crippen molar-refractivity contribution in [2.24, 2.45) is 0 Å². The SMILES string of the molecule is O=C(CSc1nnc(Cc2ccccc2)n1-c1ccc(F)cc1)NC[C@@H]1CCCO1. The van der Waals surface area contributed by atoms with Gasteiger partial charge >= 0.3 is 0 Å². The summed E-state index contributed by atoms with van der Waals surface area (Å²) in [6, 6.07) is 16.1. The van der Waals surface area contributed by atoms with Crippen molar-refractivity contribution in [1.82, 2.24) is 20.1 Å². The zero-order valence-electron chi connectivity index (χ0n) is 16.5. The number of aromatic nitrogens is 3. The van der Waals surface area contributed by atoms with E-state index in [-0.39, 0.29) is 23.6 Å². The van der Waals surface area contributed by atoms with Crippen LogP contribution in [0.2, 0.25) is 0 Å². The molecule has 1 aliphatic heterocycles. The van der Waals surface area contributed by atoms with Crippen molar-refractivity contribution in [3.63, 3.8) is 0 Å². The van der Waals surface area contributed by atoms with Crippen LogP contribution >= 0.6 is 11.8 Å². The smallest absolute Gasteiger partial charge is 0.230 e. The highest BCUT2D eigenvalue weighted by Gasteiger charge is 2.18. The van der Waals surface area contributed by atoms with Crippen LogP contribution in [-0.4, -0.2) is 45.7 Å². The number of rotatable bonds is 8. The molecule has 0 aliphatic carbocycles. The van der Waals surface area contributed by atoms with Gasteiger partial charge in [0.1, 0.15) is 11.6 Å². The molecule has 1 fully saturated rings. The molecule has 4 rings (SSSR count). The molecular formula is C22H23FN4O2S. The number of carbonyl (C=O) groups is 1. The van der Waals surface area contributed by atoms with Crippen LogP contribution in [0.3, 0.4) is 0 Å². The van der Waals surface area contributed by atoms with E-state index < -0.39 is 0 Å². The second kappa shape index (κ2) is 9.86. The summed E-state index contributed by atoms with van der Waals surface area (Å²) in [5, 5.41) is 12.2. The monoisotopic (exact) mass is 426 g/mol. The number of amides is 1. The molecule has 1 amide bonds. The maximum atomic E-state index is 13.4. The number of thioether (sulfide) groups is 1. The molecule has 1 aromatic heterocycles. The fraction of sp³-hybridized carbons (Fsp3) is 0.318. The fourth-order valence-corrected chi connectivity index (χ4v) is 4.15. The zero-order valence-corrected chi connectivity index (χ0v) is 17.3. The lowest BCUT2D eigenvalue weighted by molar-refractivity contribution is -0.119. The average Bonchev–Trinajstić information content (AvgIpc) is 3.42. The van der Waals surface area contributed by atoms with E-state index in [4.69, 9.17) is 4.74 Å². The molecule has 3 aromatic rings. The van der Waals surface area contributed by atoms with E-state index in [2.05, 4.69) is 15.5 Å². The summed E-state index contributed by atoms with van der Waals surface area (Å²) in [6.45, 7) is 1.30. The number of hydrogen-bond acceptors (Lipinski definition) is 5. The second-order valence-corrected chi connectivity index (χ2v) is 8.04. The molecule has 0 unspecified atom stereocenters. The van der Waals surface area contributed by atoms with E-state index in [1.165, 1.54) is 23.9 Å². The van der Waals surface area contributed by atoms with E-state index in [9.17, 15) is 9.18 Å². The maximum Gasteiger partial charge on any atom is 0.230 e. The third-order valence-electron chi connectivity index (χ3n) is 4.87. The Labute approximate surface area is 178 Å². The summed E-state index contributed by atoms with van der Waals surface area (Å²) in [4.78, 5) is 12.3. The van der Waals surface area contributed by atoms with Gasteiger partial charge in [0.2, 0.25) is 5.91 Å². The van der Waals surface area contributed by atoms with Crippen molar-refractivity contribution in [3.05, 3.63) is 71.8 Å². The van der Waals surface area contributed by atoms with Crippen molar-refractivity contribution >= 4 is 17.7 Å². The summed E-state index contributed by atoms with van der Waals surface area (Å²) in [7, 11) is 0. The number of carbonyl (C=O) groups excluding carboxylic acids is 1. The average molecular weight is 427 g/mol. The van der Waals surface area contributed by atoms with Crippen LogP contribution < -0.4 is 5.32 Å². The molecule has 2 aromatic carbocycles. The van der Waals surface area contributed by atoms with Crippen LogP contribution in [0, 0.1) is 5.82 Å². The molecule has 0 spiro atoms. The van der Waals surface area contributed by atoms with Crippen molar-refractivity contribution in [2.45, 2.75) is 30.5 Å². The second-order valence-electron chi connectivity index (χ2n) is 7.10. The lowest BCUT2D eigenvalue weighted by atomic mass is 10.1. The van der Waals surface area contributed by atoms with Gasteiger partial charge in [-0.2, -0.15) is 0 Å². The minimum absolute atomic E-state index is 0.0752. The molecule has 0 saturated carbocycles. The quantitative estimate of drug-likeness (QED) is 0.559. The van der Waals surface area contributed by atoms with Gasteiger partial charge in [-0.1, -0.05) is 42.1 Å². The van der Waals surface area contributed by atoms with Gasteiger partial charge in [0.25, 0.3) is 0 Å². The molecule has 0 bridgehead atoms. The molecule has 0 radical (unpaired) electrons. The molecule has 156 valence electrons. The first kappa shape index (κ1) is 20.6. The first-order chi connectivity index (χ1) is 14.7. The summed E-state index contributed by atoms with van der Waals surface area (Å²) in [5.41, 5.74) is 1.86. The van der Waals surface area contributed by atoms with Crippen LogP contribution in [0.5, 0.6) is 0 Å². The Balaban J connectivity index is 1.48. The van der Waals surface area contributed by atoms with E-state index >= 15 is 0 Å². The van der Waals surface area contributed by atoms with Crippen LogP contribution in [0.4, 0.5) is 4.39 Å². The number of halogens is 1. The molecule has 8 heteroatoms. The van der Waals surface area contributed by atoms with Gasteiger partial charge in [0.05, 0.1) is 11.9 Å². The Hall–Kier alpha value is -2.71. The maximum absolute atomic E-state index is 13.4. The number of nitrogens with zero attached hydrogens (tertiary/aromatic N) is 3. The Morgan fingerprint density at radius 1 is 1.17 bits per heavy atom. The lowest BCUT2D eigenvalue weighted by Gasteiger charge is -2.12. The van der Waals surface area contributed by atoms with Crippen molar-refractivity contribution in [1.29, 1.82) is 0 Å². The minimum Gasteiger partial charge on any atom is -0.376 e. The first-order valence-corrected chi connectivity index (χ1v) is 10.9. The van der Waals surface area contributed by atoms with Gasteiger partial charge in [-0.15, -0.1) is 10.2 Å². The van der Waals surface area contributed by atoms with E-state index in [1.807, 2.05) is 34.9 Å². The predicted octanol–water partition coefficient (Wildman–Crippen LogP) is 3.38. The molecular weight excluding hydrogens is 403 g/mol. The molecule has 2 heterocycles. The predicted molar refractivity (Wildman–Crippen MR) is 113 cm³/mol. The van der Waals surface area contributed by atoms with Gasteiger partial charge in [-0.25, -0.2) is 4.39 Å². The van der Waals surface area contributed by atoms with Gasteiger partial charge < -0.3 is 10.1 Å². The van der Waals surface area contributed by atoms with Crippen molar-refractivity contribution in [2.75, 3.05) is 18.9 Å². The van der Waals surface area contributed by atoms with Crippen LogP contribution in [0.25, 0.3) is 5.69 Å². The first-order valence-electron chi connectivity index (χ1n) is 9.94. The summed E-state index contributed by atoms with van der Waals surface area (Å²) < 4.78 is 20.8. The minimum atomic E-state index is -0.306. The third kappa shape index (κ3) is 5.25. The molecule has 1 aliphatic rings. The lowest BCUT2D eigenvalue weighted by Crippen LogP contribution is -2.32. The number of benzene rings is 2. The Kier molecular flexibility index (Phi) is 6.76. The Morgan fingerprint density at radius 3 is 2.70 bits per heavy atom. The number of hydrogen-bond donors (Lipinski definition) is 1. The molecule has 1 saturated heterocycles. The highest BCUT2D eigenvalue weighted by Crippen LogP contribution is 2.24. The normalized spacial score (nSPS) is 16.0. The highest BCUT2D eigenvalue weighted by atomic mass is 32.2. The van der Waals surface area contributed by atoms with Crippen LogP contribution in [-0.2, 0) is 16.0 Å². The van der Waals surface area contributed by atoms with E-state index in [0.29, 0.717) is 18.1 Å². The number of ether oxygens (including phenoxy) is 1. The summed E-state index contributed by atoms with van der Waals surface area (Å²) in [6.07, 6.45) is 2.71. The van der Waals surface area contributed by atoms with Crippen LogP contribution in [0.15, 0.2) is 59.8 Å². The van der Waals surface area contributed by atoms with Crippen molar-refractivity contribution in [3.8, 4) is 5.69 Å².